The van der Waals surface area contributed by atoms with E-state index in [0.29, 0.717) is 22.7 Å². The summed E-state index contributed by atoms with van der Waals surface area (Å²) in [6, 6.07) is 26.3. The summed E-state index contributed by atoms with van der Waals surface area (Å²) < 4.78 is 5.74. The number of carbonyl (C=O) groups excluding carboxylic acids is 2. The molecule has 0 fully saturated rings. The van der Waals surface area contributed by atoms with Gasteiger partial charge in [-0.1, -0.05) is 60.7 Å². The van der Waals surface area contributed by atoms with E-state index >= 15 is 0 Å². The summed E-state index contributed by atoms with van der Waals surface area (Å²) in [5.41, 5.74) is 9.09. The van der Waals surface area contributed by atoms with Crippen LogP contribution in [0.5, 0.6) is 5.75 Å². The highest BCUT2D eigenvalue weighted by molar-refractivity contribution is 7.17. The van der Waals surface area contributed by atoms with Gasteiger partial charge in [0.1, 0.15) is 17.4 Å². The molecule has 5 nitrogen and oxygen atoms in total. The van der Waals surface area contributed by atoms with Crippen molar-refractivity contribution < 1.29 is 14.3 Å². The third kappa shape index (κ3) is 4.71. The van der Waals surface area contributed by atoms with Gasteiger partial charge in [-0.05, 0) is 42.3 Å². The summed E-state index contributed by atoms with van der Waals surface area (Å²) >= 11 is 1.34. The Morgan fingerprint density at radius 1 is 0.906 bits per heavy atom. The van der Waals surface area contributed by atoms with Crippen LogP contribution in [0.2, 0.25) is 0 Å². The Morgan fingerprint density at radius 2 is 1.53 bits per heavy atom. The van der Waals surface area contributed by atoms with Gasteiger partial charge >= 0.3 is 0 Å². The lowest BCUT2D eigenvalue weighted by Gasteiger charge is -2.08. The highest BCUT2D eigenvalue weighted by Crippen LogP contribution is 2.39. The monoisotopic (exact) mass is 442 g/mol. The molecule has 0 saturated heterocycles. The van der Waals surface area contributed by atoms with Crippen LogP contribution in [-0.4, -0.2) is 11.8 Å². The maximum Gasteiger partial charge on any atom is 0.256 e. The summed E-state index contributed by atoms with van der Waals surface area (Å²) in [5, 5.41) is 3.32. The maximum absolute atomic E-state index is 12.8. The van der Waals surface area contributed by atoms with Gasteiger partial charge in [0.05, 0.1) is 5.56 Å². The molecule has 1 aromatic heterocycles. The summed E-state index contributed by atoms with van der Waals surface area (Å²) in [6.45, 7) is 2.32. The number of hydrogen-bond donors (Lipinski definition) is 2. The van der Waals surface area contributed by atoms with E-state index in [0.717, 1.165) is 27.3 Å². The lowest BCUT2D eigenvalue weighted by Crippen LogP contribution is -2.17. The lowest BCUT2D eigenvalue weighted by molar-refractivity contribution is 0.100. The van der Waals surface area contributed by atoms with E-state index in [1.165, 1.54) is 11.3 Å². The van der Waals surface area contributed by atoms with Gasteiger partial charge in [-0.25, -0.2) is 0 Å². The van der Waals surface area contributed by atoms with Crippen LogP contribution in [0.1, 0.15) is 31.2 Å². The first-order valence-corrected chi connectivity index (χ1v) is 10.9. The van der Waals surface area contributed by atoms with Crippen molar-refractivity contribution in [1.82, 2.24) is 0 Å². The molecule has 0 atom stereocenters. The number of para-hydroxylation sites is 1. The number of primary amides is 1. The van der Waals surface area contributed by atoms with Crippen LogP contribution in [0.15, 0.2) is 84.9 Å². The molecule has 0 aliphatic carbocycles. The molecule has 4 rings (SSSR count). The van der Waals surface area contributed by atoms with Gasteiger partial charge in [0.25, 0.3) is 11.8 Å². The summed E-state index contributed by atoms with van der Waals surface area (Å²) in [4.78, 5) is 26.0. The number of rotatable bonds is 7. The zero-order chi connectivity index (χ0) is 22.5. The fraction of sp³-hybridized carbons (Fsp3) is 0.0769. The number of thiophene rings is 1. The number of nitrogens with two attached hydrogens (primary N) is 1. The van der Waals surface area contributed by atoms with Gasteiger partial charge in [-0.15, -0.1) is 11.3 Å². The minimum Gasteiger partial charge on any atom is -0.489 e. The molecule has 2 amide bonds. The second kappa shape index (κ2) is 9.49. The molecular formula is C26H22N2O3S. The summed E-state index contributed by atoms with van der Waals surface area (Å²) in [7, 11) is 0. The van der Waals surface area contributed by atoms with Gasteiger partial charge < -0.3 is 15.8 Å². The number of benzene rings is 3. The van der Waals surface area contributed by atoms with Crippen LogP contribution in [0.25, 0.3) is 11.1 Å². The molecule has 0 radical (unpaired) electrons. The van der Waals surface area contributed by atoms with Crippen molar-refractivity contribution >= 4 is 28.2 Å². The molecule has 160 valence electrons. The van der Waals surface area contributed by atoms with E-state index in [1.54, 1.807) is 12.1 Å². The molecule has 0 spiro atoms. The van der Waals surface area contributed by atoms with E-state index < -0.39 is 5.91 Å². The number of hydrogen-bond acceptors (Lipinski definition) is 4. The molecule has 0 aliphatic rings. The zero-order valence-corrected chi connectivity index (χ0v) is 18.3. The van der Waals surface area contributed by atoms with Crippen molar-refractivity contribution in [3.8, 4) is 16.9 Å². The molecule has 1 heterocycles. The lowest BCUT2D eigenvalue weighted by atomic mass is 10.0. The number of nitrogens with one attached hydrogen (secondary N) is 1. The van der Waals surface area contributed by atoms with Crippen LogP contribution in [0, 0.1) is 6.92 Å². The minimum absolute atomic E-state index is 0.302. The summed E-state index contributed by atoms with van der Waals surface area (Å²) in [6.07, 6.45) is 0. The first-order chi connectivity index (χ1) is 15.5. The van der Waals surface area contributed by atoms with Gasteiger partial charge in [0.15, 0.2) is 0 Å². The van der Waals surface area contributed by atoms with Crippen LogP contribution in [0.3, 0.4) is 0 Å². The van der Waals surface area contributed by atoms with Crippen molar-refractivity contribution in [3.63, 3.8) is 0 Å². The predicted molar refractivity (Wildman–Crippen MR) is 128 cm³/mol. The molecule has 3 N–H and O–H groups in total. The highest BCUT2D eigenvalue weighted by Gasteiger charge is 2.23. The Bertz CT molecular complexity index is 1230. The van der Waals surface area contributed by atoms with Crippen molar-refractivity contribution in [2.24, 2.45) is 5.73 Å². The second-order valence-corrected chi connectivity index (χ2v) is 8.45. The van der Waals surface area contributed by atoms with E-state index in [-0.39, 0.29) is 5.91 Å². The number of aryl methyl sites for hydroxylation is 1. The van der Waals surface area contributed by atoms with Crippen molar-refractivity contribution in [2.75, 3.05) is 5.32 Å². The second-order valence-electron chi connectivity index (χ2n) is 7.22. The van der Waals surface area contributed by atoms with Gasteiger partial charge in [0, 0.05) is 16.0 Å². The van der Waals surface area contributed by atoms with Gasteiger partial charge in [-0.2, -0.15) is 0 Å². The fourth-order valence-corrected chi connectivity index (χ4v) is 4.51. The topological polar surface area (TPSA) is 81.4 Å². The third-order valence-electron chi connectivity index (χ3n) is 4.99. The number of amides is 2. The standard InChI is InChI=1S/C26H22N2O3S/c1-17-22(19-8-4-2-5-9-19)23(24(27)29)26(32-17)28-25(30)20-14-12-18(13-15-20)16-31-21-10-6-3-7-11-21/h2-15H,16H2,1H3,(H2,27,29)(H,28,30). The van der Waals surface area contributed by atoms with E-state index in [2.05, 4.69) is 5.32 Å². The van der Waals surface area contributed by atoms with Crippen LogP contribution >= 0.6 is 11.3 Å². The van der Waals surface area contributed by atoms with Crippen LogP contribution in [-0.2, 0) is 6.61 Å². The highest BCUT2D eigenvalue weighted by atomic mass is 32.1. The Balaban J connectivity index is 1.51. The van der Waals surface area contributed by atoms with Crippen LogP contribution in [0.4, 0.5) is 5.00 Å². The Morgan fingerprint density at radius 3 is 2.16 bits per heavy atom. The quantitative estimate of drug-likeness (QED) is 0.388. The number of ether oxygens (including phenoxy) is 1. The number of anilines is 1. The molecule has 6 heteroatoms. The Hall–Kier alpha value is -3.90. The van der Waals surface area contributed by atoms with Crippen LogP contribution < -0.4 is 15.8 Å². The Labute approximate surface area is 190 Å². The molecule has 0 saturated carbocycles. The Kier molecular flexibility index (Phi) is 6.33. The average molecular weight is 443 g/mol. The molecule has 0 unspecified atom stereocenters. The van der Waals surface area contributed by atoms with Crippen molar-refractivity contribution in [2.45, 2.75) is 13.5 Å². The van der Waals surface area contributed by atoms with E-state index in [1.807, 2.05) is 79.7 Å². The SMILES string of the molecule is Cc1sc(NC(=O)c2ccc(COc3ccccc3)cc2)c(C(N)=O)c1-c1ccccc1. The average Bonchev–Trinajstić information content (AvgIpc) is 3.15. The number of carbonyl (C=O) groups is 2. The minimum atomic E-state index is -0.572. The first kappa shape index (κ1) is 21.3. The normalized spacial score (nSPS) is 10.5. The van der Waals surface area contributed by atoms with Gasteiger partial charge in [-0.3, -0.25) is 9.59 Å². The molecule has 4 aromatic rings. The molecule has 0 aliphatic heterocycles. The molecule has 0 bridgehead atoms. The third-order valence-corrected chi connectivity index (χ3v) is 6.01. The largest absolute Gasteiger partial charge is 0.489 e. The smallest absolute Gasteiger partial charge is 0.256 e. The van der Waals surface area contributed by atoms with Crippen molar-refractivity contribution in [3.05, 3.63) is 106 Å². The first-order valence-electron chi connectivity index (χ1n) is 10.1. The molecular weight excluding hydrogens is 420 g/mol. The predicted octanol–water partition coefficient (Wildman–Crippen LogP) is 5.65. The van der Waals surface area contributed by atoms with Gasteiger partial charge in [0.2, 0.25) is 0 Å². The van der Waals surface area contributed by atoms with Crippen molar-refractivity contribution in [1.29, 1.82) is 0 Å². The zero-order valence-electron chi connectivity index (χ0n) is 17.5. The van der Waals surface area contributed by atoms with E-state index in [4.69, 9.17) is 10.5 Å². The fourth-order valence-electron chi connectivity index (χ4n) is 3.43. The molecule has 32 heavy (non-hydrogen) atoms. The summed E-state index contributed by atoms with van der Waals surface area (Å²) in [5.74, 6) is -0.0867. The van der Waals surface area contributed by atoms with E-state index in [9.17, 15) is 9.59 Å². The maximum atomic E-state index is 12.8. The molecule has 3 aromatic carbocycles.